The summed E-state index contributed by atoms with van der Waals surface area (Å²) in [6.45, 7) is 12.3. The van der Waals surface area contributed by atoms with E-state index in [0.29, 0.717) is 23.8 Å². The molecule has 0 aromatic heterocycles. The van der Waals surface area contributed by atoms with Crippen molar-refractivity contribution >= 4 is 0 Å². The van der Waals surface area contributed by atoms with Crippen molar-refractivity contribution in [1.29, 1.82) is 0 Å². The van der Waals surface area contributed by atoms with E-state index >= 15 is 0 Å². The van der Waals surface area contributed by atoms with Gasteiger partial charge in [0.2, 0.25) is 0 Å². The molecule has 0 saturated carbocycles. The number of aliphatic hydroxyl groups excluding tert-OH is 2. The first-order chi connectivity index (χ1) is 11.1. The number of fused-ring (bicyclic) bond motifs is 5. The zero-order chi connectivity index (χ0) is 17.8. The van der Waals surface area contributed by atoms with Gasteiger partial charge in [0.05, 0.1) is 24.4 Å². The molecule has 0 aromatic carbocycles. The predicted octanol–water partition coefficient (Wildman–Crippen LogP) is 2.43. The van der Waals surface area contributed by atoms with Gasteiger partial charge < -0.3 is 20.1 Å². The minimum atomic E-state index is -1.38. The molecule has 0 amide bonds. The zero-order valence-corrected chi connectivity index (χ0v) is 15.3. The van der Waals surface area contributed by atoms with Crippen LogP contribution in [0.3, 0.4) is 0 Å². The Morgan fingerprint density at radius 3 is 2.62 bits per heavy atom. The van der Waals surface area contributed by atoms with Gasteiger partial charge >= 0.3 is 0 Å². The highest BCUT2D eigenvalue weighted by molar-refractivity contribution is 5.22. The molecule has 2 saturated heterocycles. The van der Waals surface area contributed by atoms with Crippen LogP contribution in [0.25, 0.3) is 0 Å². The van der Waals surface area contributed by atoms with Crippen LogP contribution < -0.4 is 0 Å². The highest BCUT2D eigenvalue weighted by Crippen LogP contribution is 2.53. The summed E-state index contributed by atoms with van der Waals surface area (Å²) in [6.07, 6.45) is 1.64. The fourth-order valence-electron chi connectivity index (χ4n) is 5.12. The van der Waals surface area contributed by atoms with E-state index in [-0.39, 0.29) is 24.4 Å². The second-order valence-electron chi connectivity index (χ2n) is 8.65. The van der Waals surface area contributed by atoms with Crippen LogP contribution >= 0.6 is 0 Å². The number of allylic oxidation sites excluding steroid dienone is 1. The molecule has 0 aromatic rings. The third kappa shape index (κ3) is 2.78. The maximum Gasteiger partial charge on any atom is 0.114 e. The lowest BCUT2D eigenvalue weighted by atomic mass is 9.62. The van der Waals surface area contributed by atoms with Gasteiger partial charge in [0.15, 0.2) is 0 Å². The summed E-state index contributed by atoms with van der Waals surface area (Å²) in [5.41, 5.74) is 0.613. The SMILES string of the molecule is C=C1CC2OC(C3C(C(C)C)CC=C(C)C23)C(C)(O)C(O)CC1O. The summed E-state index contributed by atoms with van der Waals surface area (Å²) in [5.74, 6) is 1.31. The standard InChI is InChI=1S/C20H32O4/c1-10(2)13-7-6-11(3)17-15-8-12(4)14(21)9-16(22)20(5,23)19(24-15)18(13)17/h6,10,13-19,21-23H,4,7-9H2,1-3,5H3. The molecule has 3 aliphatic rings. The summed E-state index contributed by atoms with van der Waals surface area (Å²) < 4.78 is 6.36. The first-order valence-corrected chi connectivity index (χ1v) is 9.22. The molecule has 4 heteroatoms. The van der Waals surface area contributed by atoms with Crippen molar-refractivity contribution in [1.82, 2.24) is 0 Å². The molecule has 8 unspecified atom stereocenters. The van der Waals surface area contributed by atoms with Crippen LogP contribution in [-0.2, 0) is 4.74 Å². The summed E-state index contributed by atoms with van der Waals surface area (Å²) in [6, 6.07) is 0. The molecule has 0 radical (unpaired) electrons. The Morgan fingerprint density at radius 2 is 2.00 bits per heavy atom. The van der Waals surface area contributed by atoms with Crippen LogP contribution in [-0.4, -0.2) is 45.3 Å². The Balaban J connectivity index is 2.06. The lowest BCUT2D eigenvalue weighted by Crippen LogP contribution is -2.55. The largest absolute Gasteiger partial charge is 0.390 e. The Bertz CT molecular complexity index is 536. The fourth-order valence-corrected chi connectivity index (χ4v) is 5.12. The monoisotopic (exact) mass is 336 g/mol. The second kappa shape index (κ2) is 6.24. The average molecular weight is 336 g/mol. The van der Waals surface area contributed by atoms with Gasteiger partial charge in [-0.1, -0.05) is 32.1 Å². The van der Waals surface area contributed by atoms with Crippen molar-refractivity contribution in [2.75, 3.05) is 0 Å². The van der Waals surface area contributed by atoms with Crippen molar-refractivity contribution in [2.24, 2.45) is 23.7 Å². The van der Waals surface area contributed by atoms with Gasteiger partial charge in [0.25, 0.3) is 0 Å². The third-order valence-corrected chi connectivity index (χ3v) is 6.71. The van der Waals surface area contributed by atoms with E-state index in [1.807, 2.05) is 0 Å². The fraction of sp³-hybridized carbons (Fsp3) is 0.800. The highest BCUT2D eigenvalue weighted by atomic mass is 16.5. The van der Waals surface area contributed by atoms with Crippen LogP contribution in [0, 0.1) is 23.7 Å². The maximum absolute atomic E-state index is 11.2. The Labute approximate surface area is 145 Å². The van der Waals surface area contributed by atoms with Crippen molar-refractivity contribution in [2.45, 2.75) is 77.0 Å². The molecule has 0 spiro atoms. The number of aliphatic hydroxyl groups is 3. The second-order valence-corrected chi connectivity index (χ2v) is 8.65. The lowest BCUT2D eigenvalue weighted by molar-refractivity contribution is -0.167. The van der Waals surface area contributed by atoms with Gasteiger partial charge in [-0.05, 0) is 44.1 Å². The number of hydrogen-bond donors (Lipinski definition) is 3. The topological polar surface area (TPSA) is 69.9 Å². The van der Waals surface area contributed by atoms with E-state index in [4.69, 9.17) is 4.74 Å². The molecule has 2 heterocycles. The minimum absolute atomic E-state index is 0.0864. The normalized spacial score (nSPS) is 49.2. The van der Waals surface area contributed by atoms with Gasteiger partial charge in [-0.25, -0.2) is 0 Å². The summed E-state index contributed by atoms with van der Waals surface area (Å²) >= 11 is 0. The smallest absolute Gasteiger partial charge is 0.114 e. The van der Waals surface area contributed by atoms with Crippen molar-refractivity contribution in [3.8, 4) is 0 Å². The van der Waals surface area contributed by atoms with Crippen LogP contribution in [0.4, 0.5) is 0 Å². The molecule has 3 N–H and O–H groups in total. The Kier molecular flexibility index (Phi) is 4.71. The molecule has 1 aliphatic carbocycles. The van der Waals surface area contributed by atoms with E-state index in [0.717, 1.165) is 6.42 Å². The van der Waals surface area contributed by atoms with Crippen LogP contribution in [0.15, 0.2) is 23.8 Å². The number of ether oxygens (including phenoxy) is 1. The molecule has 8 atom stereocenters. The molecule has 4 nitrogen and oxygen atoms in total. The molecule has 24 heavy (non-hydrogen) atoms. The van der Waals surface area contributed by atoms with Gasteiger partial charge in [-0.2, -0.15) is 0 Å². The van der Waals surface area contributed by atoms with E-state index in [2.05, 4.69) is 33.4 Å². The summed E-state index contributed by atoms with van der Waals surface area (Å²) in [7, 11) is 0. The Morgan fingerprint density at radius 1 is 1.33 bits per heavy atom. The first-order valence-electron chi connectivity index (χ1n) is 9.22. The molecular weight excluding hydrogens is 304 g/mol. The van der Waals surface area contributed by atoms with Crippen LogP contribution in [0.5, 0.6) is 0 Å². The van der Waals surface area contributed by atoms with E-state index in [9.17, 15) is 15.3 Å². The van der Waals surface area contributed by atoms with Crippen LogP contribution in [0.1, 0.15) is 47.0 Å². The highest BCUT2D eigenvalue weighted by Gasteiger charge is 2.58. The van der Waals surface area contributed by atoms with Crippen molar-refractivity contribution in [3.05, 3.63) is 23.8 Å². The van der Waals surface area contributed by atoms with Gasteiger partial charge in [-0.15, -0.1) is 0 Å². The average Bonchev–Trinajstić information content (AvgIpc) is 2.87. The quantitative estimate of drug-likeness (QED) is 0.643. The molecule has 2 aliphatic heterocycles. The van der Waals surface area contributed by atoms with Crippen molar-refractivity contribution < 1.29 is 20.1 Å². The Hall–Kier alpha value is -0.680. The molecular formula is C20H32O4. The van der Waals surface area contributed by atoms with Gasteiger partial charge in [0, 0.05) is 18.3 Å². The lowest BCUT2D eigenvalue weighted by Gasteiger charge is -2.44. The minimum Gasteiger partial charge on any atom is -0.390 e. The van der Waals surface area contributed by atoms with E-state index in [1.165, 1.54) is 5.57 Å². The van der Waals surface area contributed by atoms with Crippen LogP contribution in [0.2, 0.25) is 0 Å². The molecule has 2 fully saturated rings. The number of rotatable bonds is 1. The third-order valence-electron chi connectivity index (χ3n) is 6.71. The van der Waals surface area contributed by atoms with Crippen molar-refractivity contribution in [3.63, 3.8) is 0 Å². The zero-order valence-electron chi connectivity index (χ0n) is 15.3. The van der Waals surface area contributed by atoms with E-state index < -0.39 is 23.9 Å². The number of hydrogen-bond acceptors (Lipinski definition) is 4. The molecule has 2 bridgehead atoms. The summed E-state index contributed by atoms with van der Waals surface area (Å²) in [4.78, 5) is 0. The van der Waals surface area contributed by atoms with Gasteiger partial charge in [0.1, 0.15) is 5.60 Å². The van der Waals surface area contributed by atoms with E-state index in [1.54, 1.807) is 6.92 Å². The molecule has 136 valence electrons. The summed E-state index contributed by atoms with van der Waals surface area (Å²) in [5, 5.41) is 32.1. The molecule has 3 rings (SSSR count). The maximum atomic E-state index is 11.2. The predicted molar refractivity (Wildman–Crippen MR) is 93.4 cm³/mol. The van der Waals surface area contributed by atoms with Gasteiger partial charge in [-0.3, -0.25) is 0 Å². The first kappa shape index (κ1) is 18.1.